The van der Waals surface area contributed by atoms with Crippen molar-refractivity contribution >= 4 is 129 Å². The molecule has 0 aliphatic heterocycles. The van der Waals surface area contributed by atoms with Crippen molar-refractivity contribution in [2.24, 2.45) is 0 Å². The summed E-state index contributed by atoms with van der Waals surface area (Å²) in [6.07, 6.45) is 0. The largest absolute Gasteiger partial charge is 0.308 e. The van der Waals surface area contributed by atoms with Crippen LogP contribution in [0.3, 0.4) is 0 Å². The van der Waals surface area contributed by atoms with Crippen molar-refractivity contribution in [3.05, 3.63) is 243 Å². The van der Waals surface area contributed by atoms with Gasteiger partial charge in [0.15, 0.2) is 0 Å². The summed E-state index contributed by atoms with van der Waals surface area (Å²) in [6, 6.07) is 89.5. The fraction of sp³-hybridized carbons (Fsp3) is 0. The Bertz CT molecular complexity index is 3920. The topological polar surface area (TPSA) is 6.48 Å². The Labute approximate surface area is 401 Å². The average molecular weight is 901 g/mol. The predicted octanol–water partition coefficient (Wildman–Crippen LogP) is 19.6. The van der Waals surface area contributed by atoms with E-state index in [-0.39, 0.29) is 0 Å². The molecule has 2 nitrogen and oxygen atoms in total. The molecule has 0 aliphatic carbocycles. The fourth-order valence-electron chi connectivity index (χ4n) is 10.7. The van der Waals surface area contributed by atoms with Gasteiger partial charge in [0.1, 0.15) is 0 Å². The molecular formula is C64H40N2S2. The van der Waals surface area contributed by atoms with Gasteiger partial charge in [-0.25, -0.2) is 0 Å². The van der Waals surface area contributed by atoms with E-state index < -0.39 is 0 Å². The maximum atomic E-state index is 2.50. The van der Waals surface area contributed by atoms with Crippen molar-refractivity contribution in [2.45, 2.75) is 0 Å². The zero-order valence-corrected chi connectivity index (χ0v) is 38.4. The maximum absolute atomic E-state index is 2.50. The molecule has 318 valence electrons. The lowest BCUT2D eigenvalue weighted by Crippen LogP contribution is -2.11. The normalized spacial score (nSPS) is 11.8. The molecule has 0 fully saturated rings. The first kappa shape index (κ1) is 38.9. The Morgan fingerprint density at radius 3 is 1.04 bits per heavy atom. The third-order valence-electron chi connectivity index (χ3n) is 13.8. The summed E-state index contributed by atoms with van der Waals surface area (Å²) in [5.74, 6) is 0. The first-order valence-corrected chi connectivity index (χ1v) is 24.8. The van der Waals surface area contributed by atoms with E-state index in [2.05, 4.69) is 252 Å². The molecule has 0 atom stereocenters. The molecule has 0 unspecified atom stereocenters. The third-order valence-corrected chi connectivity index (χ3v) is 16.2. The Hall–Kier alpha value is -8.28. The molecule has 14 rings (SSSR count). The average Bonchev–Trinajstić information content (AvgIpc) is 3.99. The van der Waals surface area contributed by atoms with Gasteiger partial charge in [0.05, 0.1) is 32.1 Å². The fourth-order valence-corrected chi connectivity index (χ4v) is 13.1. The second-order valence-corrected chi connectivity index (χ2v) is 19.7. The summed E-state index contributed by atoms with van der Waals surface area (Å²) in [5, 5.41) is 12.6. The van der Waals surface area contributed by atoms with Crippen LogP contribution >= 0.6 is 22.7 Å². The van der Waals surface area contributed by atoms with E-state index >= 15 is 0 Å². The molecule has 0 saturated heterocycles. The van der Waals surface area contributed by atoms with Crippen LogP contribution in [0.4, 0.5) is 34.1 Å². The van der Waals surface area contributed by atoms with Crippen molar-refractivity contribution in [3.8, 4) is 22.3 Å². The molecule has 14 aromatic rings. The Balaban J connectivity index is 1.01. The Morgan fingerprint density at radius 1 is 0.235 bits per heavy atom. The quantitative estimate of drug-likeness (QED) is 0.140. The molecule has 0 radical (unpaired) electrons. The minimum absolute atomic E-state index is 1.12. The van der Waals surface area contributed by atoms with Crippen LogP contribution in [0.2, 0.25) is 0 Å². The minimum atomic E-state index is 1.12. The van der Waals surface area contributed by atoms with Gasteiger partial charge in [-0.15, -0.1) is 22.7 Å². The highest BCUT2D eigenvalue weighted by molar-refractivity contribution is 7.26. The van der Waals surface area contributed by atoms with E-state index in [1.165, 1.54) is 106 Å². The monoisotopic (exact) mass is 900 g/mol. The Kier molecular flexibility index (Phi) is 8.98. The first-order chi connectivity index (χ1) is 33.7. The molecule has 0 saturated carbocycles. The third kappa shape index (κ3) is 6.15. The lowest BCUT2D eigenvalue weighted by atomic mass is 9.91. The molecule has 0 aliphatic rings. The Morgan fingerprint density at radius 2 is 0.603 bits per heavy atom. The summed E-state index contributed by atoms with van der Waals surface area (Å²) in [5.41, 5.74) is 11.7. The standard InChI is InChI=1S/C64H40N2S2/c1-3-13-41(14-4-1)43-25-33-47(34-26-43)65(57-21-11-19-51-49-17-7-9-23-59(49)67-63(51)57)55-39-31-45-30-38-54-56(40-32-46-29-37-53(55)61(45)62(46)54)66(48-35-27-44(28-36-48)42-15-5-2-6-16-42)58-22-12-20-52-50-18-8-10-24-60(50)68-64(52)58/h1-40H. The second-order valence-electron chi connectivity index (χ2n) is 17.6. The van der Waals surface area contributed by atoms with Gasteiger partial charge < -0.3 is 9.80 Å². The van der Waals surface area contributed by atoms with Crippen LogP contribution in [0, 0.1) is 0 Å². The highest BCUT2D eigenvalue weighted by atomic mass is 32.1. The number of benzene rings is 12. The van der Waals surface area contributed by atoms with Crippen LogP contribution in [-0.4, -0.2) is 0 Å². The maximum Gasteiger partial charge on any atom is 0.0640 e. The first-order valence-electron chi connectivity index (χ1n) is 23.2. The highest BCUT2D eigenvalue weighted by Crippen LogP contribution is 2.51. The zero-order chi connectivity index (χ0) is 44.7. The minimum Gasteiger partial charge on any atom is -0.308 e. The van der Waals surface area contributed by atoms with Gasteiger partial charge in [-0.3, -0.25) is 0 Å². The van der Waals surface area contributed by atoms with E-state index in [9.17, 15) is 0 Å². The van der Waals surface area contributed by atoms with Crippen molar-refractivity contribution < 1.29 is 0 Å². The van der Waals surface area contributed by atoms with Crippen LogP contribution in [0.25, 0.3) is 94.9 Å². The summed E-state index contributed by atoms with van der Waals surface area (Å²) in [4.78, 5) is 5.00. The van der Waals surface area contributed by atoms with E-state index in [0.717, 1.165) is 22.7 Å². The van der Waals surface area contributed by atoms with Crippen molar-refractivity contribution in [3.63, 3.8) is 0 Å². The molecule has 68 heavy (non-hydrogen) atoms. The summed E-state index contributed by atoms with van der Waals surface area (Å²) >= 11 is 3.75. The number of rotatable bonds is 8. The molecule has 0 bridgehead atoms. The summed E-state index contributed by atoms with van der Waals surface area (Å²) in [6.45, 7) is 0. The van der Waals surface area contributed by atoms with Crippen LogP contribution in [0.15, 0.2) is 243 Å². The smallest absolute Gasteiger partial charge is 0.0640 e. The lowest BCUT2D eigenvalue weighted by molar-refractivity contribution is 1.32. The lowest BCUT2D eigenvalue weighted by Gasteiger charge is -2.30. The molecular weight excluding hydrogens is 861 g/mol. The van der Waals surface area contributed by atoms with Gasteiger partial charge in [-0.05, 0) is 104 Å². The van der Waals surface area contributed by atoms with E-state index in [4.69, 9.17) is 0 Å². The number of anilines is 6. The number of hydrogen-bond donors (Lipinski definition) is 0. The van der Waals surface area contributed by atoms with E-state index in [1.807, 2.05) is 22.7 Å². The van der Waals surface area contributed by atoms with Gasteiger partial charge in [-0.2, -0.15) is 0 Å². The van der Waals surface area contributed by atoms with Crippen LogP contribution in [0.5, 0.6) is 0 Å². The number of thiophene rings is 2. The van der Waals surface area contributed by atoms with E-state index in [0.29, 0.717) is 0 Å². The molecule has 2 aromatic heterocycles. The molecule has 0 N–H and O–H groups in total. The second kappa shape index (κ2) is 15.7. The van der Waals surface area contributed by atoms with Crippen molar-refractivity contribution in [2.75, 3.05) is 9.80 Å². The molecule has 12 aromatic carbocycles. The van der Waals surface area contributed by atoms with Gasteiger partial charge in [0, 0.05) is 53.1 Å². The number of fused-ring (bicyclic) bond motifs is 6. The van der Waals surface area contributed by atoms with Gasteiger partial charge >= 0.3 is 0 Å². The van der Waals surface area contributed by atoms with Crippen LogP contribution in [-0.2, 0) is 0 Å². The summed E-state index contributed by atoms with van der Waals surface area (Å²) < 4.78 is 5.14. The molecule has 2 heterocycles. The zero-order valence-electron chi connectivity index (χ0n) is 36.8. The molecule has 0 amide bonds. The van der Waals surface area contributed by atoms with E-state index in [1.54, 1.807) is 0 Å². The number of nitrogens with zero attached hydrogens (tertiary/aromatic N) is 2. The van der Waals surface area contributed by atoms with Gasteiger partial charge in [0.2, 0.25) is 0 Å². The molecule has 4 heteroatoms. The number of hydrogen-bond acceptors (Lipinski definition) is 4. The predicted molar refractivity (Wildman–Crippen MR) is 296 cm³/mol. The SMILES string of the molecule is c1ccc(-c2ccc(N(c3ccc4ccc5c(N(c6ccc(-c7ccccc7)cc6)c6cccc7c6sc6ccccc67)ccc6ccc3c4c65)c3cccc4c3sc3ccccc34)cc2)cc1. The highest BCUT2D eigenvalue weighted by Gasteiger charge is 2.25. The summed E-state index contributed by atoms with van der Waals surface area (Å²) in [7, 11) is 0. The van der Waals surface area contributed by atoms with Crippen LogP contribution in [0.1, 0.15) is 0 Å². The van der Waals surface area contributed by atoms with Crippen LogP contribution < -0.4 is 9.80 Å². The molecule has 0 spiro atoms. The van der Waals surface area contributed by atoms with Crippen molar-refractivity contribution in [1.82, 2.24) is 0 Å². The van der Waals surface area contributed by atoms with Crippen molar-refractivity contribution in [1.29, 1.82) is 0 Å². The van der Waals surface area contributed by atoms with Gasteiger partial charge in [0.25, 0.3) is 0 Å². The van der Waals surface area contributed by atoms with Gasteiger partial charge in [-0.1, -0.05) is 182 Å².